The fraction of sp³-hybridized carbons (Fsp3) is 0.154. The molecule has 9 heteroatoms. The van der Waals surface area contributed by atoms with Crippen molar-refractivity contribution in [2.24, 2.45) is 0 Å². The van der Waals surface area contributed by atoms with Crippen molar-refractivity contribution in [1.82, 2.24) is 20.2 Å². The van der Waals surface area contributed by atoms with Gasteiger partial charge in [-0.2, -0.15) is 4.68 Å². The van der Waals surface area contributed by atoms with Crippen LogP contribution in [0, 0.1) is 6.92 Å². The van der Waals surface area contributed by atoms with Crippen molar-refractivity contribution in [3.8, 4) is 5.75 Å². The minimum Gasteiger partial charge on any atom is -0.488 e. The van der Waals surface area contributed by atoms with Crippen molar-refractivity contribution in [3.05, 3.63) is 106 Å². The van der Waals surface area contributed by atoms with E-state index in [1.807, 2.05) is 86.6 Å². The third-order valence-electron chi connectivity index (χ3n) is 5.82. The van der Waals surface area contributed by atoms with Gasteiger partial charge in [-0.05, 0) is 48.5 Å². The number of hydrogen-bond donors (Lipinski definition) is 2. The number of hydrogen-bond acceptors (Lipinski definition) is 6. The van der Waals surface area contributed by atoms with E-state index in [2.05, 4.69) is 26.2 Å². The highest BCUT2D eigenvalue weighted by Crippen LogP contribution is 2.39. The molecule has 1 aliphatic rings. The van der Waals surface area contributed by atoms with Gasteiger partial charge in [0, 0.05) is 27.5 Å². The van der Waals surface area contributed by atoms with E-state index >= 15 is 0 Å². The minimum absolute atomic E-state index is 0.258. The number of allylic oxidation sites excluding steroid dienone is 1. The second-order valence-corrected chi connectivity index (χ2v) is 8.66. The van der Waals surface area contributed by atoms with Crippen LogP contribution in [-0.4, -0.2) is 26.1 Å². The summed E-state index contributed by atoms with van der Waals surface area (Å²) >= 11 is 6.32. The molecule has 5 rings (SSSR count). The first-order valence-corrected chi connectivity index (χ1v) is 11.5. The Bertz CT molecular complexity index is 1410. The molecular weight excluding hydrogens is 464 g/mol. The molecule has 0 spiro atoms. The molecule has 1 aliphatic heterocycles. The number of para-hydroxylation sites is 1. The summed E-state index contributed by atoms with van der Waals surface area (Å²) in [5, 5.41) is 18.8. The van der Waals surface area contributed by atoms with Crippen LogP contribution in [-0.2, 0) is 11.4 Å². The predicted molar refractivity (Wildman–Crippen MR) is 134 cm³/mol. The maximum atomic E-state index is 13.6. The zero-order valence-corrected chi connectivity index (χ0v) is 20.0. The fourth-order valence-corrected chi connectivity index (χ4v) is 4.23. The molecule has 1 amide bonds. The van der Waals surface area contributed by atoms with Crippen LogP contribution in [0.5, 0.6) is 5.75 Å². The Morgan fingerprint density at radius 3 is 2.60 bits per heavy atom. The van der Waals surface area contributed by atoms with Crippen LogP contribution >= 0.6 is 11.6 Å². The largest absolute Gasteiger partial charge is 0.488 e. The Labute approximate surface area is 207 Å². The van der Waals surface area contributed by atoms with Crippen LogP contribution in [0.2, 0.25) is 5.02 Å². The summed E-state index contributed by atoms with van der Waals surface area (Å²) in [7, 11) is 0. The van der Waals surface area contributed by atoms with Gasteiger partial charge in [0.1, 0.15) is 18.4 Å². The van der Waals surface area contributed by atoms with Crippen LogP contribution < -0.4 is 15.4 Å². The van der Waals surface area contributed by atoms with Gasteiger partial charge in [0.2, 0.25) is 5.95 Å². The highest BCUT2D eigenvalue weighted by atomic mass is 35.5. The van der Waals surface area contributed by atoms with E-state index in [1.165, 1.54) is 0 Å². The van der Waals surface area contributed by atoms with E-state index in [-0.39, 0.29) is 12.5 Å². The highest BCUT2D eigenvalue weighted by molar-refractivity contribution is 6.31. The summed E-state index contributed by atoms with van der Waals surface area (Å²) in [4.78, 5) is 13.6. The molecule has 1 aromatic heterocycles. The quantitative estimate of drug-likeness (QED) is 0.392. The highest BCUT2D eigenvalue weighted by Gasteiger charge is 2.35. The molecule has 35 heavy (non-hydrogen) atoms. The number of aromatic nitrogens is 4. The van der Waals surface area contributed by atoms with Gasteiger partial charge in [-0.15, -0.1) is 0 Å². The van der Waals surface area contributed by atoms with E-state index in [4.69, 9.17) is 16.3 Å². The summed E-state index contributed by atoms with van der Waals surface area (Å²) in [5.41, 5.74) is 4.57. The molecule has 3 aromatic carbocycles. The number of benzene rings is 3. The number of carbonyl (C=O) groups excluding carboxylic acids is 1. The molecule has 0 fully saturated rings. The smallest absolute Gasteiger partial charge is 0.255 e. The number of fused-ring (bicyclic) bond motifs is 1. The number of halogens is 1. The first kappa shape index (κ1) is 22.6. The van der Waals surface area contributed by atoms with Crippen LogP contribution in [0.1, 0.15) is 29.7 Å². The Kier molecular flexibility index (Phi) is 6.20. The van der Waals surface area contributed by atoms with Crippen molar-refractivity contribution in [2.45, 2.75) is 26.5 Å². The maximum absolute atomic E-state index is 13.6. The summed E-state index contributed by atoms with van der Waals surface area (Å²) < 4.78 is 7.79. The second kappa shape index (κ2) is 9.60. The molecule has 1 atom stereocenters. The lowest BCUT2D eigenvalue weighted by Crippen LogP contribution is -2.31. The second-order valence-electron chi connectivity index (χ2n) is 8.25. The number of amides is 1. The average molecular weight is 487 g/mol. The zero-order valence-electron chi connectivity index (χ0n) is 19.2. The van der Waals surface area contributed by atoms with E-state index in [0.29, 0.717) is 33.7 Å². The normalized spacial score (nSPS) is 14.8. The number of nitrogens with one attached hydrogen (secondary N) is 2. The van der Waals surface area contributed by atoms with Crippen molar-refractivity contribution >= 4 is 29.1 Å². The average Bonchev–Trinajstić information content (AvgIpc) is 3.32. The van der Waals surface area contributed by atoms with E-state index in [0.717, 1.165) is 16.7 Å². The lowest BCUT2D eigenvalue weighted by molar-refractivity contribution is -0.113. The van der Waals surface area contributed by atoms with Gasteiger partial charge >= 0.3 is 0 Å². The Hall–Kier alpha value is -4.17. The van der Waals surface area contributed by atoms with Gasteiger partial charge in [0.05, 0.1) is 5.57 Å². The van der Waals surface area contributed by atoms with Gasteiger partial charge < -0.3 is 15.4 Å². The van der Waals surface area contributed by atoms with Crippen LogP contribution in [0.15, 0.2) is 84.1 Å². The lowest BCUT2D eigenvalue weighted by Gasteiger charge is -2.29. The lowest BCUT2D eigenvalue weighted by atomic mass is 9.94. The first-order chi connectivity index (χ1) is 17.0. The van der Waals surface area contributed by atoms with Gasteiger partial charge in [-0.25, -0.2) is 0 Å². The molecular formula is C26H23ClN6O2. The van der Waals surface area contributed by atoms with Crippen LogP contribution in [0.4, 0.5) is 11.6 Å². The number of anilines is 2. The molecule has 2 heterocycles. The number of carbonyl (C=O) groups is 1. The minimum atomic E-state index is -0.603. The SMILES string of the molecule is CC1=C(C(=O)Nc2ccc(C)cc2)C(c2ccccc2OCc2ccccc2Cl)n2nnnc2N1. The van der Waals surface area contributed by atoms with Crippen molar-refractivity contribution in [3.63, 3.8) is 0 Å². The Morgan fingerprint density at radius 2 is 1.80 bits per heavy atom. The van der Waals surface area contributed by atoms with Crippen LogP contribution in [0.25, 0.3) is 0 Å². The molecule has 0 saturated heterocycles. The summed E-state index contributed by atoms with van der Waals surface area (Å²) in [6, 6.07) is 22.1. The molecule has 1 unspecified atom stereocenters. The van der Waals surface area contributed by atoms with Crippen molar-refractivity contribution in [1.29, 1.82) is 0 Å². The number of nitrogens with zero attached hydrogens (tertiary/aromatic N) is 4. The number of tetrazole rings is 1. The van der Waals surface area contributed by atoms with E-state index < -0.39 is 6.04 Å². The predicted octanol–water partition coefficient (Wildman–Crippen LogP) is 5.14. The van der Waals surface area contributed by atoms with Crippen molar-refractivity contribution in [2.75, 3.05) is 10.6 Å². The molecule has 176 valence electrons. The Balaban J connectivity index is 1.52. The number of ether oxygens (including phenoxy) is 1. The van der Waals surface area contributed by atoms with Crippen LogP contribution in [0.3, 0.4) is 0 Å². The van der Waals surface area contributed by atoms with Gasteiger partial charge in [0.25, 0.3) is 5.91 Å². The summed E-state index contributed by atoms with van der Waals surface area (Å²) in [6.07, 6.45) is 0. The number of aryl methyl sites for hydroxylation is 1. The first-order valence-electron chi connectivity index (χ1n) is 11.1. The van der Waals surface area contributed by atoms with Gasteiger partial charge in [-0.3, -0.25) is 4.79 Å². The molecule has 0 aliphatic carbocycles. The topological polar surface area (TPSA) is 94.0 Å². The zero-order chi connectivity index (χ0) is 24.4. The molecule has 0 radical (unpaired) electrons. The van der Waals surface area contributed by atoms with Gasteiger partial charge in [-0.1, -0.05) is 70.8 Å². The maximum Gasteiger partial charge on any atom is 0.255 e. The third-order valence-corrected chi connectivity index (χ3v) is 6.19. The molecule has 4 aromatic rings. The Morgan fingerprint density at radius 1 is 1.06 bits per heavy atom. The summed E-state index contributed by atoms with van der Waals surface area (Å²) in [6.45, 7) is 4.11. The summed E-state index contributed by atoms with van der Waals surface area (Å²) in [5.74, 6) is 0.792. The molecule has 8 nitrogen and oxygen atoms in total. The fourth-order valence-electron chi connectivity index (χ4n) is 4.04. The number of rotatable bonds is 6. The van der Waals surface area contributed by atoms with Gasteiger partial charge in [0.15, 0.2) is 0 Å². The van der Waals surface area contributed by atoms with Crippen molar-refractivity contribution < 1.29 is 9.53 Å². The monoisotopic (exact) mass is 486 g/mol. The standard InChI is InChI=1S/C26H23ClN6O2/c1-16-11-13-19(14-12-16)29-25(34)23-17(2)28-26-30-31-32-33(26)24(23)20-8-4-6-10-22(20)35-15-18-7-3-5-9-21(18)27/h3-14,24H,15H2,1-2H3,(H,29,34)(H,28,30,32). The molecule has 0 saturated carbocycles. The molecule has 2 N–H and O–H groups in total. The molecule has 0 bridgehead atoms. The van der Waals surface area contributed by atoms with E-state index in [9.17, 15) is 4.79 Å². The van der Waals surface area contributed by atoms with E-state index in [1.54, 1.807) is 4.68 Å². The third kappa shape index (κ3) is 4.61.